The van der Waals surface area contributed by atoms with Crippen LogP contribution in [0.3, 0.4) is 0 Å². The monoisotopic (exact) mass is 327 g/mol. The molecule has 2 aromatic carbocycles. The van der Waals surface area contributed by atoms with Crippen LogP contribution in [0.1, 0.15) is 16.8 Å². The number of hydrogen-bond donors (Lipinski definition) is 2. The minimum atomic E-state index is -0.866. The molecule has 0 bridgehead atoms. The molecule has 1 atom stereocenters. The highest BCUT2D eigenvalue weighted by Gasteiger charge is 2.39. The highest BCUT2D eigenvalue weighted by molar-refractivity contribution is 6.22. The Morgan fingerprint density at radius 3 is 2.38 bits per heavy atom. The summed E-state index contributed by atoms with van der Waals surface area (Å²) in [6.45, 7) is 0. The van der Waals surface area contributed by atoms with Crippen molar-refractivity contribution in [3.63, 3.8) is 0 Å². The summed E-state index contributed by atoms with van der Waals surface area (Å²) in [7, 11) is 0. The Balaban J connectivity index is 1.66. The lowest BCUT2D eigenvalue weighted by Gasteiger charge is -2.16. The minimum Gasteiger partial charge on any atom is -0.287 e. The van der Waals surface area contributed by atoms with Gasteiger partial charge in [-0.1, -0.05) is 18.2 Å². The molecule has 122 valence electrons. The fourth-order valence-corrected chi connectivity index (χ4v) is 2.42. The molecular formula is C17H14FN3O3. The quantitative estimate of drug-likeness (QED) is 0.657. The molecule has 1 heterocycles. The molecule has 0 spiro atoms. The lowest BCUT2D eigenvalue weighted by Crippen LogP contribution is -2.48. The summed E-state index contributed by atoms with van der Waals surface area (Å²) >= 11 is 0. The number of anilines is 1. The number of nitrogens with one attached hydrogen (secondary N) is 2. The van der Waals surface area contributed by atoms with Gasteiger partial charge in [0.25, 0.3) is 11.8 Å². The van der Waals surface area contributed by atoms with Gasteiger partial charge in [0.1, 0.15) is 11.9 Å². The fourth-order valence-electron chi connectivity index (χ4n) is 2.42. The van der Waals surface area contributed by atoms with Crippen molar-refractivity contribution in [2.24, 2.45) is 0 Å². The van der Waals surface area contributed by atoms with E-state index in [0.29, 0.717) is 11.3 Å². The molecule has 0 aromatic heterocycles. The molecule has 1 saturated heterocycles. The van der Waals surface area contributed by atoms with E-state index in [2.05, 4.69) is 10.9 Å². The lowest BCUT2D eigenvalue weighted by molar-refractivity contribution is -0.121. The highest BCUT2D eigenvalue weighted by Crippen LogP contribution is 2.22. The number of amides is 3. The van der Waals surface area contributed by atoms with Crippen molar-refractivity contribution in [3.05, 3.63) is 66.0 Å². The largest absolute Gasteiger partial charge is 0.287 e. The normalized spacial score (nSPS) is 17.2. The molecule has 1 fully saturated rings. The van der Waals surface area contributed by atoms with Gasteiger partial charge < -0.3 is 0 Å². The van der Waals surface area contributed by atoms with E-state index >= 15 is 0 Å². The highest BCUT2D eigenvalue weighted by atomic mass is 19.1. The summed E-state index contributed by atoms with van der Waals surface area (Å²) in [5.41, 5.74) is 5.73. The number of nitrogens with zero attached hydrogens (tertiary/aromatic N) is 1. The van der Waals surface area contributed by atoms with Gasteiger partial charge in [0.05, 0.1) is 12.1 Å². The topological polar surface area (TPSA) is 78.5 Å². The number of carbonyl (C=O) groups excluding carboxylic acids is 3. The Bertz CT molecular complexity index is 777. The maximum absolute atomic E-state index is 13.0. The van der Waals surface area contributed by atoms with Crippen molar-refractivity contribution < 1.29 is 18.8 Å². The van der Waals surface area contributed by atoms with Crippen molar-refractivity contribution in [1.82, 2.24) is 10.9 Å². The van der Waals surface area contributed by atoms with E-state index in [1.807, 2.05) is 0 Å². The van der Waals surface area contributed by atoms with Gasteiger partial charge in [0.2, 0.25) is 5.91 Å². The van der Waals surface area contributed by atoms with Crippen molar-refractivity contribution in [1.29, 1.82) is 0 Å². The molecule has 1 unspecified atom stereocenters. The first kappa shape index (κ1) is 15.8. The predicted molar refractivity (Wildman–Crippen MR) is 84.3 cm³/mol. The molecule has 3 amide bonds. The van der Waals surface area contributed by atoms with E-state index in [1.54, 1.807) is 30.3 Å². The third kappa shape index (κ3) is 3.16. The second-order valence-corrected chi connectivity index (χ2v) is 5.27. The molecule has 3 rings (SSSR count). The summed E-state index contributed by atoms with van der Waals surface area (Å²) < 4.78 is 13.0. The summed E-state index contributed by atoms with van der Waals surface area (Å²) in [4.78, 5) is 37.3. The standard InChI is InChI=1S/C17H14FN3O3/c18-12-6-8-13(9-7-12)21-15(22)10-14(17(21)24)19-20-16(23)11-4-2-1-3-5-11/h1-9,14,19H,10H2,(H,20,23). The van der Waals surface area contributed by atoms with Crippen LogP contribution in [0.15, 0.2) is 54.6 Å². The van der Waals surface area contributed by atoms with Gasteiger partial charge in [-0.2, -0.15) is 0 Å². The van der Waals surface area contributed by atoms with Crippen LogP contribution >= 0.6 is 0 Å². The zero-order chi connectivity index (χ0) is 17.1. The van der Waals surface area contributed by atoms with Crippen LogP contribution in [0.4, 0.5) is 10.1 Å². The first-order valence-corrected chi connectivity index (χ1v) is 7.29. The Hall–Kier alpha value is -3.06. The Morgan fingerprint density at radius 1 is 1.04 bits per heavy atom. The fraction of sp³-hybridized carbons (Fsp3) is 0.118. The van der Waals surface area contributed by atoms with Crippen molar-refractivity contribution in [3.8, 4) is 0 Å². The molecule has 2 N–H and O–H groups in total. The minimum absolute atomic E-state index is 0.0920. The van der Waals surface area contributed by atoms with Crippen LogP contribution in [-0.2, 0) is 9.59 Å². The first-order chi connectivity index (χ1) is 11.6. The van der Waals surface area contributed by atoms with Gasteiger partial charge in [0.15, 0.2) is 0 Å². The molecule has 24 heavy (non-hydrogen) atoms. The molecule has 0 aliphatic carbocycles. The molecule has 1 aliphatic rings. The number of halogens is 1. The number of hydrogen-bond acceptors (Lipinski definition) is 4. The van der Waals surface area contributed by atoms with E-state index < -0.39 is 29.6 Å². The summed E-state index contributed by atoms with van der Waals surface area (Å²) in [5, 5.41) is 0. The zero-order valence-corrected chi connectivity index (χ0v) is 12.5. The Labute approximate surface area is 137 Å². The Kier molecular flexibility index (Phi) is 4.35. The van der Waals surface area contributed by atoms with E-state index in [9.17, 15) is 18.8 Å². The summed E-state index contributed by atoms with van der Waals surface area (Å²) in [6.07, 6.45) is -0.0920. The maximum atomic E-state index is 13.0. The molecule has 7 heteroatoms. The van der Waals surface area contributed by atoms with Crippen molar-refractivity contribution >= 4 is 23.4 Å². The van der Waals surface area contributed by atoms with Gasteiger partial charge in [0, 0.05) is 5.56 Å². The third-order valence-electron chi connectivity index (χ3n) is 3.63. The van der Waals surface area contributed by atoms with E-state index in [-0.39, 0.29) is 6.42 Å². The SMILES string of the molecule is O=C(NNC1CC(=O)N(c2ccc(F)cc2)C1=O)c1ccccc1. The summed E-state index contributed by atoms with van der Waals surface area (Å²) in [6, 6.07) is 12.7. The average Bonchev–Trinajstić information content (AvgIpc) is 2.88. The molecular weight excluding hydrogens is 313 g/mol. The summed E-state index contributed by atoms with van der Waals surface area (Å²) in [5.74, 6) is -1.78. The van der Waals surface area contributed by atoms with Gasteiger partial charge in [-0.3, -0.25) is 19.8 Å². The van der Waals surface area contributed by atoms with E-state index in [0.717, 1.165) is 4.90 Å². The number of carbonyl (C=O) groups is 3. The van der Waals surface area contributed by atoms with Crippen LogP contribution in [-0.4, -0.2) is 23.8 Å². The number of imide groups is 1. The van der Waals surface area contributed by atoms with Crippen molar-refractivity contribution in [2.75, 3.05) is 4.90 Å². The van der Waals surface area contributed by atoms with Gasteiger partial charge >= 0.3 is 0 Å². The number of benzene rings is 2. The third-order valence-corrected chi connectivity index (χ3v) is 3.63. The molecule has 0 radical (unpaired) electrons. The van der Waals surface area contributed by atoms with Crippen LogP contribution in [0, 0.1) is 5.82 Å². The number of rotatable bonds is 4. The molecule has 6 nitrogen and oxygen atoms in total. The zero-order valence-electron chi connectivity index (χ0n) is 12.5. The van der Waals surface area contributed by atoms with Gasteiger partial charge in [-0.05, 0) is 36.4 Å². The Morgan fingerprint density at radius 2 is 1.71 bits per heavy atom. The second kappa shape index (κ2) is 6.59. The smallest absolute Gasteiger partial charge is 0.265 e. The van der Waals surface area contributed by atoms with Crippen LogP contribution in [0.25, 0.3) is 0 Å². The first-order valence-electron chi connectivity index (χ1n) is 7.29. The molecule has 1 aliphatic heterocycles. The van der Waals surface area contributed by atoms with Crippen LogP contribution in [0.5, 0.6) is 0 Å². The van der Waals surface area contributed by atoms with Crippen molar-refractivity contribution in [2.45, 2.75) is 12.5 Å². The van der Waals surface area contributed by atoms with Crippen LogP contribution < -0.4 is 15.8 Å². The van der Waals surface area contributed by atoms with Crippen LogP contribution in [0.2, 0.25) is 0 Å². The maximum Gasteiger partial charge on any atom is 0.265 e. The average molecular weight is 327 g/mol. The lowest BCUT2D eigenvalue weighted by atomic mass is 10.2. The predicted octanol–water partition coefficient (Wildman–Crippen LogP) is 1.39. The van der Waals surface area contributed by atoms with Gasteiger partial charge in [-0.15, -0.1) is 0 Å². The molecule has 0 saturated carbocycles. The number of hydrazine groups is 1. The molecule has 2 aromatic rings. The second-order valence-electron chi connectivity index (χ2n) is 5.27. The van der Waals surface area contributed by atoms with E-state index in [4.69, 9.17) is 0 Å². The van der Waals surface area contributed by atoms with E-state index in [1.165, 1.54) is 24.3 Å². The van der Waals surface area contributed by atoms with Gasteiger partial charge in [-0.25, -0.2) is 14.7 Å².